The molecule has 0 saturated carbocycles. The second-order valence-electron chi connectivity index (χ2n) is 4.91. The molecule has 110 valence electrons. The summed E-state index contributed by atoms with van der Waals surface area (Å²) in [4.78, 5) is 0. The summed E-state index contributed by atoms with van der Waals surface area (Å²) in [5, 5.41) is 11.9. The third kappa shape index (κ3) is 5.80. The van der Waals surface area contributed by atoms with Gasteiger partial charge in [-0.1, -0.05) is 6.07 Å². The molecule has 0 bridgehead atoms. The first-order valence-electron chi connectivity index (χ1n) is 5.79. The number of nitrogens with zero attached hydrogens (tertiary/aromatic N) is 1. The fourth-order valence-corrected chi connectivity index (χ4v) is 1.93. The van der Waals surface area contributed by atoms with E-state index in [9.17, 15) is 13.2 Å². The lowest BCUT2D eigenvalue weighted by molar-refractivity contribution is -0.274. The molecule has 1 rings (SSSR count). The van der Waals surface area contributed by atoms with Crippen LogP contribution in [0.25, 0.3) is 0 Å². The number of nitriles is 1. The first-order chi connectivity index (χ1) is 9.13. The number of hydrogen-bond acceptors (Lipinski definition) is 3. The van der Waals surface area contributed by atoms with Gasteiger partial charge in [0, 0.05) is 13.1 Å². The molecule has 3 nitrogen and oxygen atoms in total. The highest BCUT2D eigenvalue weighted by atomic mass is 79.9. The van der Waals surface area contributed by atoms with Crippen LogP contribution in [-0.2, 0) is 6.54 Å². The van der Waals surface area contributed by atoms with Crippen molar-refractivity contribution in [1.29, 1.82) is 5.26 Å². The number of ether oxygens (including phenoxy) is 1. The van der Waals surface area contributed by atoms with Gasteiger partial charge in [-0.15, -0.1) is 13.2 Å². The van der Waals surface area contributed by atoms with E-state index < -0.39 is 11.8 Å². The van der Waals surface area contributed by atoms with E-state index >= 15 is 0 Å². The summed E-state index contributed by atoms with van der Waals surface area (Å²) in [5.41, 5.74) is 0.302. The monoisotopic (exact) mass is 350 g/mol. The summed E-state index contributed by atoms with van der Waals surface area (Å²) in [6.07, 6.45) is -4.71. The van der Waals surface area contributed by atoms with Crippen LogP contribution in [0.15, 0.2) is 22.7 Å². The minimum absolute atomic E-state index is 0.230. The van der Waals surface area contributed by atoms with E-state index in [0.29, 0.717) is 13.1 Å². The van der Waals surface area contributed by atoms with Crippen LogP contribution in [0.2, 0.25) is 0 Å². The van der Waals surface area contributed by atoms with Crippen LogP contribution < -0.4 is 10.1 Å². The van der Waals surface area contributed by atoms with Crippen LogP contribution in [0.3, 0.4) is 0 Å². The largest absolute Gasteiger partial charge is 0.573 e. The normalized spacial score (nSPS) is 12.1. The van der Waals surface area contributed by atoms with Gasteiger partial charge in [0.05, 0.1) is 16.0 Å². The highest BCUT2D eigenvalue weighted by Gasteiger charge is 2.31. The molecule has 1 aromatic carbocycles. The van der Waals surface area contributed by atoms with E-state index in [1.807, 2.05) is 0 Å². The average Bonchev–Trinajstić information content (AvgIpc) is 2.31. The van der Waals surface area contributed by atoms with Gasteiger partial charge in [0.25, 0.3) is 0 Å². The third-order valence-corrected chi connectivity index (χ3v) is 3.04. The van der Waals surface area contributed by atoms with Crippen molar-refractivity contribution in [2.75, 3.05) is 6.54 Å². The predicted molar refractivity (Wildman–Crippen MR) is 71.9 cm³/mol. The van der Waals surface area contributed by atoms with Crippen molar-refractivity contribution in [2.45, 2.75) is 26.8 Å². The van der Waals surface area contributed by atoms with Gasteiger partial charge in [-0.2, -0.15) is 5.26 Å². The molecule has 0 radical (unpaired) electrons. The molecule has 0 spiro atoms. The second kappa shape index (κ2) is 6.46. The zero-order chi connectivity index (χ0) is 15.4. The van der Waals surface area contributed by atoms with Crippen LogP contribution >= 0.6 is 15.9 Å². The molecule has 1 N–H and O–H groups in total. The van der Waals surface area contributed by atoms with Crippen LogP contribution in [0.1, 0.15) is 19.4 Å². The molecular formula is C13H14BrF3N2O. The van der Waals surface area contributed by atoms with Crippen LogP contribution in [-0.4, -0.2) is 12.9 Å². The van der Waals surface area contributed by atoms with Crippen molar-refractivity contribution in [1.82, 2.24) is 5.32 Å². The van der Waals surface area contributed by atoms with E-state index in [1.165, 1.54) is 12.1 Å². The SMILES string of the molecule is CC(C)(C#N)CNCc1ccc(OC(F)(F)F)c(Br)c1. The molecule has 0 aromatic heterocycles. The lowest BCUT2D eigenvalue weighted by Gasteiger charge is -2.16. The molecule has 20 heavy (non-hydrogen) atoms. The molecule has 0 saturated heterocycles. The Labute approximate surface area is 123 Å². The minimum Gasteiger partial charge on any atom is -0.405 e. The van der Waals surface area contributed by atoms with Crippen LogP contribution in [0.5, 0.6) is 5.75 Å². The van der Waals surface area contributed by atoms with Crippen molar-refractivity contribution in [3.05, 3.63) is 28.2 Å². The smallest absolute Gasteiger partial charge is 0.405 e. The molecule has 0 fully saturated rings. The van der Waals surface area contributed by atoms with Gasteiger partial charge in [0.1, 0.15) is 5.75 Å². The molecular weight excluding hydrogens is 337 g/mol. The second-order valence-corrected chi connectivity index (χ2v) is 5.77. The lowest BCUT2D eigenvalue weighted by Crippen LogP contribution is -2.27. The standard InChI is InChI=1S/C13H14BrF3N2O/c1-12(2,7-18)8-19-6-9-3-4-11(10(14)5-9)20-13(15,16)17/h3-5,19H,6,8H2,1-2H3. The van der Waals surface area contributed by atoms with E-state index in [1.54, 1.807) is 19.9 Å². The first-order valence-corrected chi connectivity index (χ1v) is 6.58. The number of nitrogens with one attached hydrogen (secondary N) is 1. The Balaban J connectivity index is 2.63. The Morgan fingerprint density at radius 1 is 1.35 bits per heavy atom. The maximum absolute atomic E-state index is 12.1. The Bertz CT molecular complexity index is 509. The number of rotatable bonds is 5. The minimum atomic E-state index is -4.71. The fraction of sp³-hybridized carbons (Fsp3) is 0.462. The van der Waals surface area contributed by atoms with Gasteiger partial charge in [0.2, 0.25) is 0 Å². The van der Waals surface area contributed by atoms with E-state index in [0.717, 1.165) is 5.56 Å². The third-order valence-electron chi connectivity index (χ3n) is 2.42. The van der Waals surface area contributed by atoms with E-state index in [2.05, 4.69) is 32.1 Å². The van der Waals surface area contributed by atoms with Crippen molar-refractivity contribution in [3.63, 3.8) is 0 Å². The van der Waals surface area contributed by atoms with Gasteiger partial charge >= 0.3 is 6.36 Å². The molecule has 0 heterocycles. The first kappa shape index (κ1) is 16.8. The molecule has 0 atom stereocenters. The average molecular weight is 351 g/mol. The molecule has 0 aliphatic carbocycles. The van der Waals surface area contributed by atoms with Gasteiger partial charge in [-0.3, -0.25) is 0 Å². The maximum Gasteiger partial charge on any atom is 0.573 e. The summed E-state index contributed by atoms with van der Waals surface area (Å²) in [6, 6.07) is 6.50. The summed E-state index contributed by atoms with van der Waals surface area (Å²) in [7, 11) is 0. The van der Waals surface area contributed by atoms with E-state index in [4.69, 9.17) is 5.26 Å². The van der Waals surface area contributed by atoms with Gasteiger partial charge in [-0.25, -0.2) is 0 Å². The number of benzene rings is 1. The Kier molecular flexibility index (Phi) is 5.42. The van der Waals surface area contributed by atoms with Gasteiger partial charge < -0.3 is 10.1 Å². The Hall–Kier alpha value is -1.26. The summed E-state index contributed by atoms with van der Waals surface area (Å²) < 4.78 is 40.4. The van der Waals surface area contributed by atoms with Crippen molar-refractivity contribution in [3.8, 4) is 11.8 Å². The van der Waals surface area contributed by atoms with E-state index in [-0.39, 0.29) is 10.2 Å². The maximum atomic E-state index is 12.1. The molecule has 0 amide bonds. The number of hydrogen-bond donors (Lipinski definition) is 1. The quantitative estimate of drug-likeness (QED) is 0.873. The summed E-state index contributed by atoms with van der Waals surface area (Å²) in [5.74, 6) is -0.279. The number of alkyl halides is 3. The zero-order valence-corrected chi connectivity index (χ0v) is 12.6. The van der Waals surface area contributed by atoms with Crippen molar-refractivity contribution in [2.24, 2.45) is 5.41 Å². The van der Waals surface area contributed by atoms with Crippen molar-refractivity contribution < 1.29 is 17.9 Å². The van der Waals surface area contributed by atoms with Crippen LogP contribution in [0.4, 0.5) is 13.2 Å². The zero-order valence-electron chi connectivity index (χ0n) is 11.0. The highest BCUT2D eigenvalue weighted by Crippen LogP contribution is 2.31. The van der Waals surface area contributed by atoms with Crippen molar-refractivity contribution >= 4 is 15.9 Å². The molecule has 0 unspecified atom stereocenters. The summed E-state index contributed by atoms with van der Waals surface area (Å²) >= 11 is 3.04. The fourth-order valence-electron chi connectivity index (χ4n) is 1.42. The predicted octanol–water partition coefficient (Wildman–Crippen LogP) is 3.99. The Morgan fingerprint density at radius 3 is 2.50 bits per heavy atom. The van der Waals surface area contributed by atoms with Gasteiger partial charge in [0.15, 0.2) is 0 Å². The highest BCUT2D eigenvalue weighted by molar-refractivity contribution is 9.10. The Morgan fingerprint density at radius 2 is 2.00 bits per heavy atom. The lowest BCUT2D eigenvalue weighted by atomic mass is 9.96. The number of halogens is 4. The molecule has 0 aliphatic rings. The van der Waals surface area contributed by atoms with Gasteiger partial charge in [-0.05, 0) is 47.5 Å². The summed E-state index contributed by atoms with van der Waals surface area (Å²) in [6.45, 7) is 4.55. The topological polar surface area (TPSA) is 45.0 Å². The molecule has 1 aromatic rings. The molecule has 7 heteroatoms. The molecule has 0 aliphatic heterocycles. The van der Waals surface area contributed by atoms with Crippen LogP contribution in [0, 0.1) is 16.7 Å².